The SMILES string of the molecule is Cc1c(N)cc(Br)cc1S(=O)(=O)N1CCCC1CCCO. The Labute approximate surface area is 134 Å². The van der Waals surface area contributed by atoms with Crippen molar-refractivity contribution in [3.05, 3.63) is 22.2 Å². The first kappa shape index (κ1) is 16.7. The van der Waals surface area contributed by atoms with Crippen molar-refractivity contribution in [1.29, 1.82) is 0 Å². The van der Waals surface area contributed by atoms with Crippen molar-refractivity contribution >= 4 is 31.6 Å². The lowest BCUT2D eigenvalue weighted by atomic mass is 10.1. The first-order valence-electron chi connectivity index (χ1n) is 7.06. The highest BCUT2D eigenvalue weighted by molar-refractivity contribution is 9.10. The Kier molecular flexibility index (Phi) is 5.29. The van der Waals surface area contributed by atoms with E-state index in [0.717, 1.165) is 12.8 Å². The van der Waals surface area contributed by atoms with Crippen molar-refractivity contribution in [2.45, 2.75) is 43.5 Å². The minimum Gasteiger partial charge on any atom is -0.398 e. The summed E-state index contributed by atoms with van der Waals surface area (Å²) in [6, 6.07) is 3.30. The van der Waals surface area contributed by atoms with Crippen LogP contribution in [0.15, 0.2) is 21.5 Å². The zero-order valence-electron chi connectivity index (χ0n) is 12.0. The number of halogens is 1. The Morgan fingerprint density at radius 1 is 1.48 bits per heavy atom. The second-order valence-electron chi connectivity index (χ2n) is 5.40. The van der Waals surface area contributed by atoms with E-state index in [-0.39, 0.29) is 17.5 Å². The molecule has 5 nitrogen and oxygen atoms in total. The molecule has 0 saturated carbocycles. The van der Waals surface area contributed by atoms with Crippen molar-refractivity contribution in [3.8, 4) is 0 Å². The summed E-state index contributed by atoms with van der Waals surface area (Å²) < 4.78 is 28.1. The van der Waals surface area contributed by atoms with E-state index in [4.69, 9.17) is 10.8 Å². The van der Waals surface area contributed by atoms with Gasteiger partial charge in [0.2, 0.25) is 10.0 Å². The Hall–Kier alpha value is -0.630. The molecule has 7 heteroatoms. The van der Waals surface area contributed by atoms with Crippen LogP contribution >= 0.6 is 15.9 Å². The van der Waals surface area contributed by atoms with Crippen molar-refractivity contribution < 1.29 is 13.5 Å². The maximum Gasteiger partial charge on any atom is 0.243 e. The van der Waals surface area contributed by atoms with Gasteiger partial charge in [-0.05, 0) is 50.3 Å². The molecule has 1 aliphatic rings. The van der Waals surface area contributed by atoms with Gasteiger partial charge in [0.25, 0.3) is 0 Å². The van der Waals surface area contributed by atoms with Gasteiger partial charge in [0, 0.05) is 29.4 Å². The molecular formula is C14H21BrN2O3S. The lowest BCUT2D eigenvalue weighted by molar-refractivity contribution is 0.264. The Bertz CT molecular complexity index is 619. The molecule has 21 heavy (non-hydrogen) atoms. The second-order valence-corrected chi connectivity index (χ2v) is 8.17. The molecule has 3 N–H and O–H groups in total. The highest BCUT2D eigenvalue weighted by Gasteiger charge is 2.36. The summed E-state index contributed by atoms with van der Waals surface area (Å²) in [4.78, 5) is 0.269. The Balaban J connectivity index is 2.38. The summed E-state index contributed by atoms with van der Waals surface area (Å²) in [5.41, 5.74) is 6.94. The van der Waals surface area contributed by atoms with Crippen LogP contribution in [0.25, 0.3) is 0 Å². The zero-order chi connectivity index (χ0) is 15.6. The minimum absolute atomic E-state index is 0.0262. The quantitative estimate of drug-likeness (QED) is 0.771. The van der Waals surface area contributed by atoms with E-state index in [1.807, 2.05) is 0 Å². The summed E-state index contributed by atoms with van der Waals surface area (Å²) in [5, 5.41) is 8.96. The number of nitrogen functional groups attached to an aromatic ring is 1. The zero-order valence-corrected chi connectivity index (χ0v) is 14.5. The Morgan fingerprint density at radius 2 is 2.19 bits per heavy atom. The van der Waals surface area contributed by atoms with Crippen LogP contribution in [0, 0.1) is 6.92 Å². The van der Waals surface area contributed by atoms with Gasteiger partial charge < -0.3 is 10.8 Å². The van der Waals surface area contributed by atoms with Crippen LogP contribution in [-0.2, 0) is 10.0 Å². The predicted octanol–water partition coefficient (Wildman–Crippen LogP) is 2.27. The molecule has 1 heterocycles. The van der Waals surface area contributed by atoms with Crippen LogP contribution < -0.4 is 5.73 Å². The van der Waals surface area contributed by atoms with Gasteiger partial charge in [-0.3, -0.25) is 0 Å². The average molecular weight is 377 g/mol. The number of nitrogens with zero attached hydrogens (tertiary/aromatic N) is 1. The van der Waals surface area contributed by atoms with Gasteiger partial charge in [-0.15, -0.1) is 0 Å². The molecule has 1 fully saturated rings. The number of anilines is 1. The number of nitrogens with two attached hydrogens (primary N) is 1. The standard InChI is InChI=1S/C14H21BrN2O3S/c1-10-13(16)8-11(15)9-14(10)21(19,20)17-6-2-4-12(17)5-3-7-18/h8-9,12,18H,2-7,16H2,1H3. The van der Waals surface area contributed by atoms with E-state index in [1.54, 1.807) is 23.4 Å². The fraction of sp³-hybridized carbons (Fsp3) is 0.571. The first-order valence-corrected chi connectivity index (χ1v) is 9.29. The molecule has 1 unspecified atom stereocenters. The third-order valence-electron chi connectivity index (χ3n) is 3.97. The molecule has 1 aliphatic heterocycles. The van der Waals surface area contributed by atoms with Gasteiger partial charge in [-0.1, -0.05) is 15.9 Å². The molecule has 0 aliphatic carbocycles. The number of sulfonamides is 1. The van der Waals surface area contributed by atoms with Gasteiger partial charge >= 0.3 is 0 Å². The number of aliphatic hydroxyl groups is 1. The molecule has 118 valence electrons. The smallest absolute Gasteiger partial charge is 0.243 e. The molecule has 0 radical (unpaired) electrons. The van der Waals surface area contributed by atoms with Crippen LogP contribution in [0.3, 0.4) is 0 Å². The number of benzene rings is 1. The van der Waals surface area contributed by atoms with Gasteiger partial charge in [-0.25, -0.2) is 8.42 Å². The van der Waals surface area contributed by atoms with Crippen molar-refractivity contribution in [1.82, 2.24) is 4.31 Å². The molecule has 0 amide bonds. The summed E-state index contributed by atoms with van der Waals surface area (Å²) in [6.07, 6.45) is 3.02. The van der Waals surface area contributed by atoms with Crippen molar-refractivity contribution in [2.75, 3.05) is 18.9 Å². The average Bonchev–Trinajstić information content (AvgIpc) is 2.89. The van der Waals surface area contributed by atoms with E-state index in [1.165, 1.54) is 0 Å². The van der Waals surface area contributed by atoms with E-state index in [2.05, 4.69) is 15.9 Å². The normalized spacial score (nSPS) is 20.0. The minimum atomic E-state index is -3.55. The molecule has 2 rings (SSSR count). The lowest BCUT2D eigenvalue weighted by Crippen LogP contribution is -2.36. The maximum absolute atomic E-state index is 12.9. The van der Waals surface area contributed by atoms with Crippen molar-refractivity contribution in [3.63, 3.8) is 0 Å². The van der Waals surface area contributed by atoms with E-state index >= 15 is 0 Å². The van der Waals surface area contributed by atoms with Crippen LogP contribution in [0.1, 0.15) is 31.2 Å². The molecule has 0 aromatic heterocycles. The topological polar surface area (TPSA) is 83.6 Å². The molecule has 1 aromatic rings. The van der Waals surface area contributed by atoms with Gasteiger partial charge in [-0.2, -0.15) is 4.31 Å². The predicted molar refractivity (Wildman–Crippen MR) is 86.5 cm³/mol. The fourth-order valence-corrected chi connectivity index (χ4v) is 5.44. The summed E-state index contributed by atoms with van der Waals surface area (Å²) in [5.74, 6) is 0. The monoisotopic (exact) mass is 376 g/mol. The highest BCUT2D eigenvalue weighted by atomic mass is 79.9. The van der Waals surface area contributed by atoms with E-state index in [0.29, 0.717) is 35.1 Å². The Morgan fingerprint density at radius 3 is 2.86 bits per heavy atom. The van der Waals surface area contributed by atoms with E-state index in [9.17, 15) is 8.42 Å². The largest absolute Gasteiger partial charge is 0.398 e. The third kappa shape index (κ3) is 3.41. The summed E-state index contributed by atoms with van der Waals surface area (Å²) in [6.45, 7) is 2.35. The molecule has 0 bridgehead atoms. The number of aliphatic hydroxyl groups excluding tert-OH is 1. The fourth-order valence-electron chi connectivity index (χ4n) is 2.81. The highest BCUT2D eigenvalue weighted by Crippen LogP contribution is 2.33. The molecule has 1 atom stereocenters. The first-order chi connectivity index (χ1) is 9.87. The molecule has 1 aromatic carbocycles. The number of hydrogen-bond donors (Lipinski definition) is 2. The van der Waals surface area contributed by atoms with E-state index < -0.39 is 10.0 Å². The van der Waals surface area contributed by atoms with Crippen LogP contribution in [0.5, 0.6) is 0 Å². The third-order valence-corrected chi connectivity index (χ3v) is 6.51. The van der Waals surface area contributed by atoms with Gasteiger partial charge in [0.05, 0.1) is 4.90 Å². The van der Waals surface area contributed by atoms with Crippen molar-refractivity contribution in [2.24, 2.45) is 0 Å². The van der Waals surface area contributed by atoms with Crippen LogP contribution in [-0.4, -0.2) is 37.0 Å². The molecule has 0 spiro atoms. The summed E-state index contributed by atoms with van der Waals surface area (Å²) in [7, 11) is -3.55. The number of rotatable bonds is 5. The van der Waals surface area contributed by atoms with Crippen LogP contribution in [0.2, 0.25) is 0 Å². The summed E-state index contributed by atoms with van der Waals surface area (Å²) >= 11 is 3.31. The second kappa shape index (κ2) is 6.64. The van der Waals surface area contributed by atoms with Gasteiger partial charge in [0.1, 0.15) is 0 Å². The lowest BCUT2D eigenvalue weighted by Gasteiger charge is -2.25. The van der Waals surface area contributed by atoms with Gasteiger partial charge in [0.15, 0.2) is 0 Å². The molecular weight excluding hydrogens is 356 g/mol. The molecule has 1 saturated heterocycles. The maximum atomic E-state index is 12.9. The number of hydrogen-bond acceptors (Lipinski definition) is 4. The van der Waals surface area contributed by atoms with Crippen LogP contribution in [0.4, 0.5) is 5.69 Å².